The van der Waals surface area contributed by atoms with E-state index in [9.17, 15) is 4.79 Å². The molecule has 1 unspecified atom stereocenters. The normalized spacial score (nSPS) is 11.9. The third-order valence-corrected chi connectivity index (χ3v) is 4.12. The SMILES string of the molecule is Cc1nc(C)c(C(C)Nc2ccc(NC(N)=O)cc2)s1. The van der Waals surface area contributed by atoms with Gasteiger partial charge in [0.15, 0.2) is 0 Å². The van der Waals surface area contributed by atoms with E-state index in [1.54, 1.807) is 11.3 Å². The Morgan fingerprint density at radius 3 is 2.35 bits per heavy atom. The van der Waals surface area contributed by atoms with Gasteiger partial charge in [0.25, 0.3) is 0 Å². The monoisotopic (exact) mass is 290 g/mol. The molecule has 20 heavy (non-hydrogen) atoms. The predicted octanol–water partition coefficient (Wildman–Crippen LogP) is 3.42. The zero-order chi connectivity index (χ0) is 14.7. The number of carbonyl (C=O) groups excluding carboxylic acids is 1. The van der Waals surface area contributed by atoms with Gasteiger partial charge >= 0.3 is 6.03 Å². The zero-order valence-electron chi connectivity index (χ0n) is 11.7. The number of carbonyl (C=O) groups is 1. The van der Waals surface area contributed by atoms with Gasteiger partial charge in [0, 0.05) is 16.3 Å². The molecule has 6 heteroatoms. The van der Waals surface area contributed by atoms with Crippen LogP contribution in [-0.4, -0.2) is 11.0 Å². The Kier molecular flexibility index (Phi) is 4.24. The highest BCUT2D eigenvalue weighted by Gasteiger charge is 2.12. The maximum Gasteiger partial charge on any atom is 0.316 e. The molecule has 0 saturated heterocycles. The molecule has 0 spiro atoms. The van der Waals surface area contributed by atoms with E-state index < -0.39 is 6.03 Å². The number of benzene rings is 1. The molecule has 0 aliphatic heterocycles. The van der Waals surface area contributed by atoms with Crippen LogP contribution in [-0.2, 0) is 0 Å². The highest BCUT2D eigenvalue weighted by Crippen LogP contribution is 2.27. The number of thiazole rings is 1. The number of nitrogens with zero attached hydrogens (tertiary/aromatic N) is 1. The summed E-state index contributed by atoms with van der Waals surface area (Å²) >= 11 is 1.71. The molecule has 2 aromatic rings. The first kappa shape index (κ1) is 14.3. The van der Waals surface area contributed by atoms with Crippen molar-refractivity contribution >= 4 is 28.7 Å². The van der Waals surface area contributed by atoms with Crippen LogP contribution < -0.4 is 16.4 Å². The quantitative estimate of drug-likeness (QED) is 0.807. The van der Waals surface area contributed by atoms with Gasteiger partial charge in [0.05, 0.1) is 16.7 Å². The van der Waals surface area contributed by atoms with Crippen molar-refractivity contribution in [2.45, 2.75) is 26.8 Å². The van der Waals surface area contributed by atoms with Gasteiger partial charge < -0.3 is 16.4 Å². The van der Waals surface area contributed by atoms with Gasteiger partial charge in [-0.15, -0.1) is 11.3 Å². The number of hydrogen-bond donors (Lipinski definition) is 3. The van der Waals surface area contributed by atoms with E-state index in [-0.39, 0.29) is 6.04 Å². The molecule has 0 radical (unpaired) electrons. The summed E-state index contributed by atoms with van der Waals surface area (Å²) in [6.07, 6.45) is 0. The number of primary amides is 1. The van der Waals surface area contributed by atoms with E-state index in [1.165, 1.54) is 4.88 Å². The molecule has 1 aromatic carbocycles. The minimum Gasteiger partial charge on any atom is -0.378 e. The van der Waals surface area contributed by atoms with Gasteiger partial charge in [-0.1, -0.05) is 0 Å². The second kappa shape index (κ2) is 5.92. The highest BCUT2D eigenvalue weighted by atomic mass is 32.1. The largest absolute Gasteiger partial charge is 0.378 e. The molecule has 1 aromatic heterocycles. The number of rotatable bonds is 4. The summed E-state index contributed by atoms with van der Waals surface area (Å²) in [6, 6.07) is 7.07. The third kappa shape index (κ3) is 3.48. The minimum atomic E-state index is -0.560. The topological polar surface area (TPSA) is 80.0 Å². The fraction of sp³-hybridized carbons (Fsp3) is 0.286. The zero-order valence-corrected chi connectivity index (χ0v) is 12.5. The Morgan fingerprint density at radius 1 is 1.25 bits per heavy atom. The summed E-state index contributed by atoms with van der Waals surface area (Å²) in [7, 11) is 0. The Morgan fingerprint density at radius 2 is 1.85 bits per heavy atom. The second-order valence-corrected chi connectivity index (χ2v) is 5.85. The lowest BCUT2D eigenvalue weighted by atomic mass is 10.2. The van der Waals surface area contributed by atoms with Gasteiger partial charge in [-0.25, -0.2) is 9.78 Å². The van der Waals surface area contributed by atoms with Crippen molar-refractivity contribution in [2.75, 3.05) is 10.6 Å². The molecule has 106 valence electrons. The molecule has 5 nitrogen and oxygen atoms in total. The Balaban J connectivity index is 2.06. The van der Waals surface area contributed by atoms with Gasteiger partial charge in [-0.05, 0) is 45.0 Å². The van der Waals surface area contributed by atoms with Crippen LogP contribution in [0.1, 0.15) is 28.5 Å². The van der Waals surface area contributed by atoms with Gasteiger partial charge in [-0.2, -0.15) is 0 Å². The first-order chi connectivity index (χ1) is 9.45. The van der Waals surface area contributed by atoms with E-state index in [1.807, 2.05) is 38.1 Å². The van der Waals surface area contributed by atoms with E-state index in [0.717, 1.165) is 16.4 Å². The fourth-order valence-corrected chi connectivity index (χ4v) is 2.99. The molecule has 2 amide bonds. The lowest BCUT2D eigenvalue weighted by Gasteiger charge is -2.14. The summed E-state index contributed by atoms with van der Waals surface area (Å²) in [4.78, 5) is 16.4. The Hall–Kier alpha value is -2.08. The number of nitrogens with one attached hydrogen (secondary N) is 2. The number of anilines is 2. The van der Waals surface area contributed by atoms with Crippen molar-refractivity contribution in [1.82, 2.24) is 4.98 Å². The van der Waals surface area contributed by atoms with Crippen molar-refractivity contribution in [2.24, 2.45) is 5.73 Å². The van der Waals surface area contributed by atoms with Crippen molar-refractivity contribution in [3.8, 4) is 0 Å². The molecular formula is C14H18N4OS. The number of urea groups is 1. The number of amides is 2. The van der Waals surface area contributed by atoms with Crippen LogP contribution in [0.15, 0.2) is 24.3 Å². The summed E-state index contributed by atoms with van der Waals surface area (Å²) in [5, 5.41) is 7.03. The van der Waals surface area contributed by atoms with Crippen LogP contribution in [0.25, 0.3) is 0 Å². The van der Waals surface area contributed by atoms with Crippen LogP contribution in [0.3, 0.4) is 0 Å². The molecular weight excluding hydrogens is 272 g/mol. The van der Waals surface area contributed by atoms with Gasteiger partial charge in [0.1, 0.15) is 0 Å². The third-order valence-electron chi connectivity index (χ3n) is 2.87. The molecule has 0 bridgehead atoms. The lowest BCUT2D eigenvalue weighted by Crippen LogP contribution is -2.19. The van der Waals surface area contributed by atoms with Crippen molar-refractivity contribution in [3.05, 3.63) is 39.8 Å². The molecule has 0 fully saturated rings. The fourth-order valence-electron chi connectivity index (χ4n) is 2.06. The summed E-state index contributed by atoms with van der Waals surface area (Å²) in [5.74, 6) is 0. The van der Waals surface area contributed by atoms with Crippen LogP contribution >= 0.6 is 11.3 Å². The molecule has 2 rings (SSSR count). The standard InChI is InChI=1S/C14H18N4OS/c1-8-13(20-10(3)16-8)9(2)17-11-4-6-12(7-5-11)18-14(15)19/h4-7,9,17H,1-3H3,(H3,15,18,19). The Labute approximate surface area is 122 Å². The first-order valence-corrected chi connectivity index (χ1v) is 7.14. The molecule has 1 heterocycles. The average Bonchev–Trinajstić information content (AvgIpc) is 2.70. The lowest BCUT2D eigenvalue weighted by molar-refractivity contribution is 0.259. The van der Waals surface area contributed by atoms with Crippen molar-refractivity contribution in [1.29, 1.82) is 0 Å². The molecule has 4 N–H and O–H groups in total. The molecule has 0 aliphatic rings. The molecule has 1 atom stereocenters. The first-order valence-electron chi connectivity index (χ1n) is 6.32. The molecule has 0 aliphatic carbocycles. The second-order valence-electron chi connectivity index (χ2n) is 4.62. The van der Waals surface area contributed by atoms with E-state index in [4.69, 9.17) is 5.73 Å². The summed E-state index contributed by atoms with van der Waals surface area (Å²) in [5.41, 5.74) is 7.80. The Bertz CT molecular complexity index is 606. The maximum atomic E-state index is 10.7. The van der Waals surface area contributed by atoms with E-state index >= 15 is 0 Å². The van der Waals surface area contributed by atoms with E-state index in [0.29, 0.717) is 5.69 Å². The smallest absolute Gasteiger partial charge is 0.316 e. The van der Waals surface area contributed by atoms with Gasteiger partial charge in [-0.3, -0.25) is 0 Å². The van der Waals surface area contributed by atoms with Crippen LogP contribution in [0, 0.1) is 13.8 Å². The van der Waals surface area contributed by atoms with Crippen LogP contribution in [0.2, 0.25) is 0 Å². The summed E-state index contributed by atoms with van der Waals surface area (Å²) in [6.45, 7) is 6.14. The van der Waals surface area contributed by atoms with Crippen molar-refractivity contribution < 1.29 is 4.79 Å². The average molecular weight is 290 g/mol. The number of aryl methyl sites for hydroxylation is 2. The predicted molar refractivity (Wildman–Crippen MR) is 83.3 cm³/mol. The number of nitrogens with two attached hydrogens (primary N) is 1. The molecule has 0 saturated carbocycles. The highest BCUT2D eigenvalue weighted by molar-refractivity contribution is 7.11. The maximum absolute atomic E-state index is 10.7. The summed E-state index contributed by atoms with van der Waals surface area (Å²) < 4.78 is 0. The number of hydrogen-bond acceptors (Lipinski definition) is 4. The van der Waals surface area contributed by atoms with E-state index in [2.05, 4.69) is 22.5 Å². The number of aromatic nitrogens is 1. The van der Waals surface area contributed by atoms with Crippen molar-refractivity contribution in [3.63, 3.8) is 0 Å². The van der Waals surface area contributed by atoms with Crippen LogP contribution in [0.5, 0.6) is 0 Å². The van der Waals surface area contributed by atoms with Gasteiger partial charge in [0.2, 0.25) is 0 Å². The minimum absolute atomic E-state index is 0.191. The van der Waals surface area contributed by atoms with Crippen LogP contribution in [0.4, 0.5) is 16.2 Å².